The van der Waals surface area contributed by atoms with E-state index in [-0.39, 0.29) is 52.6 Å². The van der Waals surface area contributed by atoms with Gasteiger partial charge in [-0.25, -0.2) is 18.0 Å². The molecule has 54 heavy (non-hydrogen) atoms. The SMILES string of the molecule is Cc1ccccc1NC(=O)Nc1ccc(CC(=O)N(C)[C@@H](CC(C)C)C(=O)NC[C@H](NC(=O)[C@@H]2CCCN2S(=O)(=O)c2cc(Cl)cc(Cl)c2)C(=O)O)cc1. The molecule has 5 N–H and O–H groups in total. The van der Waals surface area contributed by atoms with Crippen molar-refractivity contribution < 1.29 is 37.5 Å². The van der Waals surface area contributed by atoms with Crippen molar-refractivity contribution in [1.82, 2.24) is 19.8 Å². The predicted octanol–water partition coefficient (Wildman–Crippen LogP) is 4.90. The van der Waals surface area contributed by atoms with Gasteiger partial charge in [0.1, 0.15) is 18.1 Å². The van der Waals surface area contributed by atoms with Crippen LogP contribution in [0.1, 0.15) is 44.2 Å². The number of carbonyl (C=O) groups excluding carboxylic acids is 4. The Morgan fingerprint density at radius 2 is 1.61 bits per heavy atom. The lowest BCUT2D eigenvalue weighted by Crippen LogP contribution is -2.56. The number of para-hydroxylation sites is 1. The maximum atomic E-state index is 13.5. The van der Waals surface area contributed by atoms with Gasteiger partial charge in [0.2, 0.25) is 27.7 Å². The van der Waals surface area contributed by atoms with E-state index in [0.29, 0.717) is 23.4 Å². The highest BCUT2D eigenvalue weighted by molar-refractivity contribution is 7.89. The van der Waals surface area contributed by atoms with Gasteiger partial charge in [-0.05, 0) is 79.6 Å². The Hall–Kier alpha value is -4.70. The number of benzene rings is 3. The molecule has 14 nitrogen and oxygen atoms in total. The topological polar surface area (TPSA) is 194 Å². The molecule has 1 fully saturated rings. The number of rotatable bonds is 15. The Morgan fingerprint density at radius 3 is 2.22 bits per heavy atom. The van der Waals surface area contributed by atoms with Gasteiger partial charge in [-0.3, -0.25) is 14.4 Å². The van der Waals surface area contributed by atoms with Crippen LogP contribution in [0.3, 0.4) is 0 Å². The fourth-order valence-corrected chi connectivity index (χ4v) is 8.34. The van der Waals surface area contributed by atoms with Gasteiger partial charge >= 0.3 is 12.0 Å². The van der Waals surface area contributed by atoms with Crippen LogP contribution in [0.25, 0.3) is 0 Å². The molecule has 1 aliphatic heterocycles. The second-order valence-electron chi connectivity index (χ2n) is 13.4. The highest BCUT2D eigenvalue weighted by Crippen LogP contribution is 2.30. The number of aliphatic carboxylic acids is 1. The number of likely N-dealkylation sites (N-methyl/N-ethyl adjacent to an activating group) is 1. The number of aryl methyl sites for hydroxylation is 1. The summed E-state index contributed by atoms with van der Waals surface area (Å²) in [6.45, 7) is 5.12. The Morgan fingerprint density at radius 1 is 0.963 bits per heavy atom. The smallest absolute Gasteiger partial charge is 0.328 e. The van der Waals surface area contributed by atoms with Crippen molar-refractivity contribution in [3.05, 3.63) is 87.9 Å². The molecule has 1 heterocycles. The van der Waals surface area contributed by atoms with Crippen molar-refractivity contribution in [1.29, 1.82) is 0 Å². The number of nitrogens with zero attached hydrogens (tertiary/aromatic N) is 2. The summed E-state index contributed by atoms with van der Waals surface area (Å²) in [5.41, 5.74) is 2.73. The van der Waals surface area contributed by atoms with Crippen LogP contribution < -0.4 is 21.3 Å². The van der Waals surface area contributed by atoms with Gasteiger partial charge in [0, 0.05) is 41.6 Å². The molecule has 3 aromatic rings. The third kappa shape index (κ3) is 11.2. The zero-order valence-corrected chi connectivity index (χ0v) is 32.6. The lowest BCUT2D eigenvalue weighted by atomic mass is 10.0. The molecule has 1 saturated heterocycles. The molecule has 17 heteroatoms. The number of halogens is 2. The van der Waals surface area contributed by atoms with Crippen LogP contribution in [-0.2, 0) is 35.6 Å². The van der Waals surface area contributed by atoms with E-state index in [0.717, 1.165) is 9.87 Å². The quantitative estimate of drug-likeness (QED) is 0.143. The van der Waals surface area contributed by atoms with Gasteiger partial charge in [-0.2, -0.15) is 4.31 Å². The molecule has 3 atom stereocenters. The minimum absolute atomic E-state index is 0.0168. The second-order valence-corrected chi connectivity index (χ2v) is 16.2. The maximum absolute atomic E-state index is 13.5. The van der Waals surface area contributed by atoms with Crippen LogP contribution in [0.2, 0.25) is 10.0 Å². The molecule has 0 unspecified atom stereocenters. The molecule has 0 bridgehead atoms. The van der Waals surface area contributed by atoms with Crippen LogP contribution in [0, 0.1) is 12.8 Å². The molecule has 290 valence electrons. The molecular formula is C37H44Cl2N6O8S. The lowest BCUT2D eigenvalue weighted by molar-refractivity contribution is -0.143. The number of amides is 5. The minimum Gasteiger partial charge on any atom is -0.480 e. The molecule has 0 radical (unpaired) electrons. The number of hydrogen-bond acceptors (Lipinski definition) is 7. The van der Waals surface area contributed by atoms with Crippen molar-refractivity contribution in [3.63, 3.8) is 0 Å². The average molecular weight is 804 g/mol. The minimum atomic E-state index is -4.21. The van der Waals surface area contributed by atoms with Gasteiger partial charge in [0.05, 0.1) is 11.3 Å². The summed E-state index contributed by atoms with van der Waals surface area (Å²) in [5.74, 6) is -3.31. The van der Waals surface area contributed by atoms with E-state index in [1.165, 1.54) is 30.1 Å². The number of nitrogens with one attached hydrogen (secondary N) is 4. The highest BCUT2D eigenvalue weighted by atomic mass is 35.5. The summed E-state index contributed by atoms with van der Waals surface area (Å²) in [6.07, 6.45) is 0.706. The van der Waals surface area contributed by atoms with E-state index < -0.39 is 58.5 Å². The first-order chi connectivity index (χ1) is 25.5. The number of carboxylic acids is 1. The third-order valence-electron chi connectivity index (χ3n) is 8.86. The van der Waals surface area contributed by atoms with Crippen LogP contribution in [-0.4, -0.2) is 90.7 Å². The molecule has 0 spiro atoms. The third-order valence-corrected chi connectivity index (χ3v) is 11.2. The standard InChI is InChI=1S/C37H44Cl2N6O8S/c1-22(2)16-32(44(4)33(46)17-24-11-13-27(14-12-24)41-37(51)43-29-9-6-5-8-23(29)3)34(47)40-21-30(36(49)50)42-35(48)31-10-7-15-45(31)54(52,53)28-19-25(38)18-26(39)20-28/h5-6,8-9,11-14,18-20,22,30-32H,7,10,15-17,21H2,1-4H3,(H,40,47)(H,42,48)(H,49,50)(H2,41,43,51)/t30-,31-,32-/m0/s1. The number of carbonyl (C=O) groups is 5. The number of anilines is 2. The second kappa shape index (κ2) is 18.6. The monoisotopic (exact) mass is 802 g/mol. The first-order valence-corrected chi connectivity index (χ1v) is 19.4. The van der Waals surface area contributed by atoms with E-state index in [4.69, 9.17) is 23.2 Å². The van der Waals surface area contributed by atoms with Gasteiger partial charge in [0.15, 0.2) is 0 Å². The largest absolute Gasteiger partial charge is 0.480 e. The van der Waals surface area contributed by atoms with Crippen LogP contribution in [0.5, 0.6) is 0 Å². The van der Waals surface area contributed by atoms with E-state index in [1.54, 1.807) is 30.3 Å². The summed E-state index contributed by atoms with van der Waals surface area (Å²) < 4.78 is 27.8. The average Bonchev–Trinajstić information content (AvgIpc) is 3.61. The van der Waals surface area contributed by atoms with Crippen molar-refractivity contribution >= 4 is 74.3 Å². The fraction of sp³-hybridized carbons (Fsp3) is 0.378. The summed E-state index contributed by atoms with van der Waals surface area (Å²) >= 11 is 12.0. The first-order valence-electron chi connectivity index (χ1n) is 17.2. The summed E-state index contributed by atoms with van der Waals surface area (Å²) in [5, 5.41) is 20.6. The van der Waals surface area contributed by atoms with E-state index in [2.05, 4.69) is 21.3 Å². The molecule has 0 saturated carbocycles. The van der Waals surface area contributed by atoms with Crippen LogP contribution >= 0.6 is 23.2 Å². The fourth-order valence-electron chi connectivity index (χ4n) is 5.96. The van der Waals surface area contributed by atoms with Crippen LogP contribution in [0.4, 0.5) is 16.2 Å². The molecule has 4 rings (SSSR count). The molecule has 0 aromatic heterocycles. The van der Waals surface area contributed by atoms with Crippen molar-refractivity contribution in [2.75, 3.05) is 30.8 Å². The van der Waals surface area contributed by atoms with E-state index in [1.807, 2.05) is 39.0 Å². The number of urea groups is 1. The normalized spacial score (nSPS) is 15.6. The number of hydrogen-bond donors (Lipinski definition) is 5. The van der Waals surface area contributed by atoms with Gasteiger partial charge < -0.3 is 31.3 Å². The van der Waals surface area contributed by atoms with Crippen LogP contribution in [0.15, 0.2) is 71.6 Å². The summed E-state index contributed by atoms with van der Waals surface area (Å²) in [6, 6.07) is 13.7. The van der Waals surface area contributed by atoms with Gasteiger partial charge in [0.25, 0.3) is 0 Å². The lowest BCUT2D eigenvalue weighted by Gasteiger charge is -2.29. The van der Waals surface area contributed by atoms with E-state index >= 15 is 0 Å². The maximum Gasteiger partial charge on any atom is 0.328 e. The van der Waals surface area contributed by atoms with Gasteiger partial charge in [-0.1, -0.05) is 67.4 Å². The molecule has 1 aliphatic rings. The molecule has 3 aromatic carbocycles. The molecule has 0 aliphatic carbocycles. The molecule has 5 amide bonds. The molecular weight excluding hydrogens is 759 g/mol. The Labute approximate surface area is 324 Å². The van der Waals surface area contributed by atoms with E-state index in [9.17, 15) is 37.5 Å². The Balaban J connectivity index is 1.36. The number of carboxylic acid groups (broad SMARTS) is 1. The van der Waals surface area contributed by atoms with Gasteiger partial charge in [-0.15, -0.1) is 0 Å². The summed E-state index contributed by atoms with van der Waals surface area (Å²) in [7, 11) is -2.73. The van der Waals surface area contributed by atoms with Crippen molar-refractivity contribution in [3.8, 4) is 0 Å². The summed E-state index contributed by atoms with van der Waals surface area (Å²) in [4.78, 5) is 65.9. The number of sulfonamides is 1. The first kappa shape index (κ1) is 42.0. The zero-order chi connectivity index (χ0) is 39.7. The predicted molar refractivity (Wildman–Crippen MR) is 206 cm³/mol. The zero-order valence-electron chi connectivity index (χ0n) is 30.3. The van der Waals surface area contributed by atoms with Crippen molar-refractivity contribution in [2.24, 2.45) is 5.92 Å². The Bertz CT molecular complexity index is 1960. The van der Waals surface area contributed by atoms with Crippen molar-refractivity contribution in [2.45, 2.75) is 69.5 Å². The Kier molecular flexibility index (Phi) is 14.5. The highest BCUT2D eigenvalue weighted by Gasteiger charge is 2.41.